The molecule has 1 atom stereocenters. The number of carbonyl (C=O) groups is 1. The Balaban J connectivity index is 1.24. The second-order valence-electron chi connectivity index (χ2n) is 10.6. The molecule has 0 spiro atoms. The lowest BCUT2D eigenvalue weighted by molar-refractivity contribution is 0.0788. The van der Waals surface area contributed by atoms with Gasteiger partial charge in [-0.15, -0.1) is 0 Å². The van der Waals surface area contributed by atoms with Crippen LogP contribution in [0.4, 0.5) is 4.39 Å². The second-order valence-corrected chi connectivity index (χ2v) is 11.1. The number of halogens is 2. The number of amides is 1. The van der Waals surface area contributed by atoms with E-state index >= 15 is 0 Å². The van der Waals surface area contributed by atoms with E-state index in [0.29, 0.717) is 23.0 Å². The number of carbonyl (C=O) groups excluding carboxylic acids is 1. The summed E-state index contributed by atoms with van der Waals surface area (Å²) in [6.45, 7) is 3.72. The number of rotatable bonds is 6. The molecule has 1 amide bonds. The Bertz CT molecular complexity index is 1430. The summed E-state index contributed by atoms with van der Waals surface area (Å²) in [6, 6.07) is 25.0. The van der Waals surface area contributed by atoms with E-state index in [1.807, 2.05) is 52.0 Å². The van der Waals surface area contributed by atoms with Crippen molar-refractivity contribution in [2.45, 2.75) is 37.6 Å². The molecule has 39 heavy (non-hydrogen) atoms. The van der Waals surface area contributed by atoms with Crippen LogP contribution in [0.3, 0.4) is 0 Å². The van der Waals surface area contributed by atoms with Crippen molar-refractivity contribution in [2.24, 2.45) is 0 Å². The fourth-order valence-corrected chi connectivity index (χ4v) is 6.17. The molecule has 0 aliphatic carbocycles. The van der Waals surface area contributed by atoms with Gasteiger partial charge < -0.3 is 4.90 Å². The molecule has 2 fully saturated rings. The largest absolute Gasteiger partial charge is 0.338 e. The second kappa shape index (κ2) is 11.3. The number of piperidine rings is 1. The lowest BCUT2D eigenvalue weighted by Crippen LogP contribution is -2.34. The van der Waals surface area contributed by atoms with Crippen LogP contribution in [0.25, 0.3) is 5.69 Å². The van der Waals surface area contributed by atoms with E-state index in [2.05, 4.69) is 29.2 Å². The number of hydrogen-bond donors (Lipinski definition) is 0. The van der Waals surface area contributed by atoms with E-state index in [1.165, 1.54) is 11.6 Å². The Kier molecular flexibility index (Phi) is 7.49. The van der Waals surface area contributed by atoms with Crippen LogP contribution in [0.1, 0.15) is 58.3 Å². The summed E-state index contributed by atoms with van der Waals surface area (Å²) in [4.78, 5) is 18.2. The molecule has 5 nitrogen and oxygen atoms in total. The summed E-state index contributed by atoms with van der Waals surface area (Å²) in [5, 5.41) is 5.38. The molecule has 2 saturated heterocycles. The van der Waals surface area contributed by atoms with Gasteiger partial charge in [0.05, 0.1) is 23.1 Å². The fourth-order valence-electron chi connectivity index (χ4n) is 6.05. The summed E-state index contributed by atoms with van der Waals surface area (Å²) in [5.74, 6) is 0.420. The monoisotopic (exact) mass is 542 g/mol. The smallest absolute Gasteiger partial charge is 0.257 e. The lowest BCUT2D eigenvalue weighted by atomic mass is 9.90. The molecule has 2 aliphatic heterocycles. The zero-order valence-electron chi connectivity index (χ0n) is 21.8. The molecule has 0 unspecified atom stereocenters. The van der Waals surface area contributed by atoms with E-state index in [4.69, 9.17) is 16.7 Å². The number of likely N-dealkylation sites (tertiary alicyclic amines) is 2. The Hall–Kier alpha value is -3.48. The summed E-state index contributed by atoms with van der Waals surface area (Å²) >= 11 is 6.16. The third kappa shape index (κ3) is 5.49. The van der Waals surface area contributed by atoms with Crippen molar-refractivity contribution in [3.05, 3.63) is 118 Å². The molecule has 3 aromatic carbocycles. The molecule has 3 heterocycles. The van der Waals surface area contributed by atoms with Gasteiger partial charge in [0, 0.05) is 42.1 Å². The van der Waals surface area contributed by atoms with Gasteiger partial charge in [-0.05, 0) is 68.2 Å². The fraction of sp³-hybridized carbons (Fsp3) is 0.312. The van der Waals surface area contributed by atoms with Gasteiger partial charge in [-0.1, -0.05) is 60.1 Å². The molecule has 0 bridgehead atoms. The van der Waals surface area contributed by atoms with Crippen molar-refractivity contribution >= 4 is 17.5 Å². The standard InChI is InChI=1S/C32H32ClFN4O/c33-27-10-12-28(13-11-27)38-31(24-14-17-36(18-15-24)21-26-8-4-5-9-30(26)34)29(20-35-38)32(39)37-19-16-25(22-37)23-6-2-1-3-7-23/h1-13,20,24-25H,14-19,21-22H2/t25-/m0/s1. The topological polar surface area (TPSA) is 41.4 Å². The molecule has 1 aromatic heterocycles. The molecule has 0 saturated carbocycles. The third-order valence-corrected chi connectivity index (χ3v) is 8.43. The van der Waals surface area contributed by atoms with Crippen molar-refractivity contribution in [3.8, 4) is 5.69 Å². The normalized spacial score (nSPS) is 18.5. The van der Waals surface area contributed by atoms with Crippen molar-refractivity contribution in [2.75, 3.05) is 26.2 Å². The minimum absolute atomic E-state index is 0.0532. The average Bonchev–Trinajstić information content (AvgIpc) is 3.64. The predicted octanol–water partition coefficient (Wildman–Crippen LogP) is 6.67. The lowest BCUT2D eigenvalue weighted by Gasteiger charge is -2.33. The van der Waals surface area contributed by atoms with Crippen molar-refractivity contribution in [3.63, 3.8) is 0 Å². The summed E-state index contributed by atoms with van der Waals surface area (Å²) in [5.41, 5.74) is 4.56. The number of aromatic nitrogens is 2. The van der Waals surface area contributed by atoms with E-state index in [-0.39, 0.29) is 17.6 Å². The van der Waals surface area contributed by atoms with Gasteiger partial charge in [-0.2, -0.15) is 5.10 Å². The van der Waals surface area contributed by atoms with Crippen molar-refractivity contribution in [1.29, 1.82) is 0 Å². The maximum atomic E-state index is 14.2. The van der Waals surface area contributed by atoms with Crippen molar-refractivity contribution in [1.82, 2.24) is 19.6 Å². The zero-order valence-corrected chi connectivity index (χ0v) is 22.6. The van der Waals surface area contributed by atoms with E-state index in [0.717, 1.165) is 62.4 Å². The highest BCUT2D eigenvalue weighted by molar-refractivity contribution is 6.30. The molecular formula is C32H32ClFN4O. The maximum Gasteiger partial charge on any atom is 0.257 e. The summed E-state index contributed by atoms with van der Waals surface area (Å²) < 4.78 is 16.2. The minimum Gasteiger partial charge on any atom is -0.338 e. The van der Waals surface area contributed by atoms with Gasteiger partial charge in [-0.25, -0.2) is 9.07 Å². The van der Waals surface area contributed by atoms with Crippen LogP contribution in [-0.2, 0) is 6.54 Å². The van der Waals surface area contributed by atoms with E-state index in [9.17, 15) is 9.18 Å². The van der Waals surface area contributed by atoms with Gasteiger partial charge in [-0.3, -0.25) is 9.69 Å². The Morgan fingerprint density at radius 1 is 0.872 bits per heavy atom. The van der Waals surface area contributed by atoms with Gasteiger partial charge >= 0.3 is 0 Å². The number of benzene rings is 3. The first-order chi connectivity index (χ1) is 19.1. The van der Waals surface area contributed by atoms with Crippen LogP contribution in [0.5, 0.6) is 0 Å². The maximum absolute atomic E-state index is 14.2. The van der Waals surface area contributed by atoms with Gasteiger partial charge in [0.15, 0.2) is 0 Å². The third-order valence-electron chi connectivity index (χ3n) is 8.18. The highest BCUT2D eigenvalue weighted by Crippen LogP contribution is 2.35. The molecule has 2 aliphatic rings. The van der Waals surface area contributed by atoms with E-state index in [1.54, 1.807) is 12.3 Å². The van der Waals surface area contributed by atoms with Crippen molar-refractivity contribution < 1.29 is 9.18 Å². The van der Waals surface area contributed by atoms with Crippen LogP contribution in [0.15, 0.2) is 85.1 Å². The Morgan fingerprint density at radius 3 is 2.31 bits per heavy atom. The molecule has 0 radical (unpaired) electrons. The van der Waals surface area contributed by atoms with Crippen LogP contribution in [0, 0.1) is 5.82 Å². The highest BCUT2D eigenvalue weighted by Gasteiger charge is 2.34. The molecule has 0 N–H and O–H groups in total. The van der Waals surface area contributed by atoms with Crippen LogP contribution < -0.4 is 0 Å². The molecule has 6 rings (SSSR count). The predicted molar refractivity (Wildman–Crippen MR) is 152 cm³/mol. The zero-order chi connectivity index (χ0) is 26.8. The molecular weight excluding hydrogens is 511 g/mol. The SMILES string of the molecule is O=C(c1cnn(-c2ccc(Cl)cc2)c1C1CCN(Cc2ccccc2F)CC1)N1CC[C@H](c2ccccc2)C1. The summed E-state index contributed by atoms with van der Waals surface area (Å²) in [7, 11) is 0. The van der Waals surface area contributed by atoms with Crippen LogP contribution in [0.2, 0.25) is 5.02 Å². The summed E-state index contributed by atoms with van der Waals surface area (Å²) in [6.07, 6.45) is 4.46. The molecule has 4 aromatic rings. The van der Waals surface area contributed by atoms with Gasteiger partial charge in [0.2, 0.25) is 0 Å². The van der Waals surface area contributed by atoms with E-state index < -0.39 is 0 Å². The highest BCUT2D eigenvalue weighted by atomic mass is 35.5. The Labute approximate surface area is 233 Å². The first-order valence-electron chi connectivity index (χ1n) is 13.7. The first-order valence-corrected chi connectivity index (χ1v) is 14.1. The minimum atomic E-state index is -0.159. The van der Waals surface area contributed by atoms with Crippen LogP contribution in [-0.4, -0.2) is 51.7 Å². The molecule has 200 valence electrons. The van der Waals surface area contributed by atoms with Crippen LogP contribution >= 0.6 is 11.6 Å². The first kappa shape index (κ1) is 25.8. The quantitative estimate of drug-likeness (QED) is 0.273. The van der Waals surface area contributed by atoms with Gasteiger partial charge in [0.25, 0.3) is 5.91 Å². The number of nitrogens with zero attached hydrogens (tertiary/aromatic N) is 4. The van der Waals surface area contributed by atoms with Gasteiger partial charge in [0.1, 0.15) is 5.82 Å². The average molecular weight is 543 g/mol. The Morgan fingerprint density at radius 2 is 1.56 bits per heavy atom. The number of hydrogen-bond acceptors (Lipinski definition) is 3. The molecule has 7 heteroatoms.